The second-order valence-electron chi connectivity index (χ2n) is 4.14. The van der Waals surface area contributed by atoms with Gasteiger partial charge in [-0.2, -0.15) is 0 Å². The third kappa shape index (κ3) is 2.74. The topological polar surface area (TPSA) is 64.4 Å². The maximum atomic E-state index is 13.2. The highest BCUT2D eigenvalue weighted by atomic mass is 19.1. The molecule has 1 aliphatic rings. The third-order valence-electron chi connectivity index (χ3n) is 2.87. The first-order chi connectivity index (χ1) is 8.18. The van der Waals surface area contributed by atoms with Gasteiger partial charge in [0.05, 0.1) is 17.9 Å². The molecule has 1 heterocycles. The zero-order chi connectivity index (χ0) is 12.3. The van der Waals surface area contributed by atoms with Gasteiger partial charge in [0, 0.05) is 19.1 Å². The minimum Gasteiger partial charge on any atom is -0.396 e. The van der Waals surface area contributed by atoms with E-state index in [1.54, 1.807) is 0 Å². The van der Waals surface area contributed by atoms with Crippen LogP contribution in [0.3, 0.4) is 0 Å². The van der Waals surface area contributed by atoms with E-state index in [0.29, 0.717) is 19.1 Å². The molecule has 1 aliphatic heterocycles. The summed E-state index contributed by atoms with van der Waals surface area (Å²) >= 11 is 0. The van der Waals surface area contributed by atoms with Crippen LogP contribution in [0, 0.1) is 11.7 Å². The van der Waals surface area contributed by atoms with Crippen LogP contribution >= 0.6 is 0 Å². The molecule has 4 nitrogen and oxygen atoms in total. The minimum atomic E-state index is -0.568. The van der Waals surface area contributed by atoms with E-state index in [2.05, 4.69) is 5.32 Å². The molecule has 1 unspecified atom stereocenters. The second-order valence-corrected chi connectivity index (χ2v) is 4.14. The van der Waals surface area contributed by atoms with Crippen LogP contribution in [0.1, 0.15) is 16.8 Å². The molecule has 5 heteroatoms. The van der Waals surface area contributed by atoms with Gasteiger partial charge in [-0.3, -0.25) is 4.79 Å². The number of amides is 1. The molecule has 1 amide bonds. The fourth-order valence-corrected chi connectivity index (χ4v) is 1.81. The van der Waals surface area contributed by atoms with Crippen LogP contribution in [0.2, 0.25) is 0 Å². The lowest BCUT2D eigenvalue weighted by molar-refractivity contribution is 0.0945. The molecular formula is C12H15FN2O2. The Morgan fingerprint density at radius 1 is 1.59 bits per heavy atom. The van der Waals surface area contributed by atoms with Gasteiger partial charge in [-0.1, -0.05) is 6.07 Å². The zero-order valence-electron chi connectivity index (χ0n) is 9.41. The molecule has 0 radical (unpaired) electrons. The number of nitrogens with one attached hydrogen (secondary N) is 1. The lowest BCUT2D eigenvalue weighted by Crippen LogP contribution is -2.30. The van der Waals surface area contributed by atoms with E-state index in [-0.39, 0.29) is 17.2 Å². The summed E-state index contributed by atoms with van der Waals surface area (Å²) in [5.41, 5.74) is 5.59. The average Bonchev–Trinajstić information content (AvgIpc) is 2.82. The smallest absolute Gasteiger partial charge is 0.253 e. The summed E-state index contributed by atoms with van der Waals surface area (Å²) in [6.45, 7) is 1.94. The van der Waals surface area contributed by atoms with Crippen LogP contribution in [0.25, 0.3) is 0 Å². The first-order valence-corrected chi connectivity index (χ1v) is 5.58. The van der Waals surface area contributed by atoms with Crippen molar-refractivity contribution in [2.45, 2.75) is 6.42 Å². The first-order valence-electron chi connectivity index (χ1n) is 5.58. The highest BCUT2D eigenvalue weighted by Crippen LogP contribution is 2.16. The van der Waals surface area contributed by atoms with Crippen molar-refractivity contribution in [3.8, 4) is 0 Å². The number of hydrogen-bond donors (Lipinski definition) is 2. The van der Waals surface area contributed by atoms with Crippen LogP contribution in [-0.2, 0) is 4.74 Å². The van der Waals surface area contributed by atoms with E-state index >= 15 is 0 Å². The Morgan fingerprint density at radius 3 is 3.12 bits per heavy atom. The van der Waals surface area contributed by atoms with Crippen molar-refractivity contribution in [2.75, 3.05) is 25.5 Å². The van der Waals surface area contributed by atoms with Crippen LogP contribution in [0.4, 0.5) is 10.1 Å². The van der Waals surface area contributed by atoms with Crippen molar-refractivity contribution in [3.63, 3.8) is 0 Å². The molecule has 1 atom stereocenters. The number of ether oxygens (including phenoxy) is 1. The molecule has 0 saturated carbocycles. The molecule has 0 bridgehead atoms. The molecule has 1 aromatic carbocycles. The molecule has 0 aromatic heterocycles. The standard InChI is InChI=1S/C12H15FN2O2/c13-10-3-1-2-9(11(10)14)12(16)15-6-8-4-5-17-7-8/h1-3,8H,4-7,14H2,(H,15,16). The number of rotatable bonds is 3. The Balaban J connectivity index is 1.97. The number of carbonyl (C=O) groups excluding carboxylic acids is 1. The van der Waals surface area contributed by atoms with Gasteiger partial charge in [0.2, 0.25) is 0 Å². The summed E-state index contributed by atoms with van der Waals surface area (Å²) < 4.78 is 18.4. The van der Waals surface area contributed by atoms with E-state index in [0.717, 1.165) is 13.0 Å². The summed E-state index contributed by atoms with van der Waals surface area (Å²) in [5, 5.41) is 2.74. The number of nitrogen functional groups attached to an aromatic ring is 1. The molecule has 1 aromatic rings. The molecule has 17 heavy (non-hydrogen) atoms. The monoisotopic (exact) mass is 238 g/mol. The highest BCUT2D eigenvalue weighted by molar-refractivity contribution is 5.99. The van der Waals surface area contributed by atoms with E-state index in [1.165, 1.54) is 18.2 Å². The van der Waals surface area contributed by atoms with E-state index in [4.69, 9.17) is 10.5 Å². The zero-order valence-corrected chi connectivity index (χ0v) is 9.41. The van der Waals surface area contributed by atoms with Crippen molar-refractivity contribution >= 4 is 11.6 Å². The minimum absolute atomic E-state index is 0.104. The Labute approximate surface area is 98.9 Å². The SMILES string of the molecule is Nc1c(F)cccc1C(=O)NCC1CCOC1. The van der Waals surface area contributed by atoms with Crippen LogP contribution < -0.4 is 11.1 Å². The molecular weight excluding hydrogens is 223 g/mol. The van der Waals surface area contributed by atoms with Crippen LogP contribution in [0.5, 0.6) is 0 Å². The van der Waals surface area contributed by atoms with E-state index in [1.807, 2.05) is 0 Å². The van der Waals surface area contributed by atoms with Gasteiger partial charge in [-0.25, -0.2) is 4.39 Å². The summed E-state index contributed by atoms with van der Waals surface area (Å²) in [7, 11) is 0. The van der Waals surface area contributed by atoms with E-state index in [9.17, 15) is 9.18 Å². The van der Waals surface area contributed by atoms with Crippen molar-refractivity contribution in [1.82, 2.24) is 5.32 Å². The summed E-state index contributed by atoms with van der Waals surface area (Å²) in [6, 6.07) is 4.22. The molecule has 1 fully saturated rings. The number of anilines is 1. The normalized spacial score (nSPS) is 19.2. The van der Waals surface area contributed by atoms with Crippen molar-refractivity contribution in [1.29, 1.82) is 0 Å². The largest absolute Gasteiger partial charge is 0.396 e. The van der Waals surface area contributed by atoms with Gasteiger partial charge < -0.3 is 15.8 Å². The van der Waals surface area contributed by atoms with Crippen molar-refractivity contribution in [2.24, 2.45) is 5.92 Å². The fraction of sp³-hybridized carbons (Fsp3) is 0.417. The van der Waals surface area contributed by atoms with Gasteiger partial charge >= 0.3 is 0 Å². The fourth-order valence-electron chi connectivity index (χ4n) is 1.81. The predicted molar refractivity (Wildman–Crippen MR) is 62.1 cm³/mol. The van der Waals surface area contributed by atoms with Gasteiger partial charge in [0.15, 0.2) is 0 Å². The Bertz CT molecular complexity index is 417. The number of benzene rings is 1. The van der Waals surface area contributed by atoms with Crippen molar-refractivity contribution < 1.29 is 13.9 Å². The highest BCUT2D eigenvalue weighted by Gasteiger charge is 2.18. The molecule has 92 valence electrons. The third-order valence-corrected chi connectivity index (χ3v) is 2.87. The number of carbonyl (C=O) groups is 1. The second kappa shape index (κ2) is 5.14. The van der Waals surface area contributed by atoms with Gasteiger partial charge in [-0.05, 0) is 18.6 Å². The molecule has 0 aliphatic carbocycles. The van der Waals surface area contributed by atoms with Crippen LogP contribution in [0.15, 0.2) is 18.2 Å². The lowest BCUT2D eigenvalue weighted by Gasteiger charge is -2.10. The van der Waals surface area contributed by atoms with Crippen LogP contribution in [-0.4, -0.2) is 25.7 Å². The Hall–Kier alpha value is -1.62. The van der Waals surface area contributed by atoms with E-state index < -0.39 is 5.82 Å². The summed E-state index contributed by atoms with van der Waals surface area (Å²) in [6.07, 6.45) is 0.943. The van der Waals surface area contributed by atoms with Gasteiger partial charge in [0.25, 0.3) is 5.91 Å². The Kier molecular flexibility index (Phi) is 3.58. The van der Waals surface area contributed by atoms with Gasteiger partial charge in [0.1, 0.15) is 5.82 Å². The number of nitrogens with two attached hydrogens (primary N) is 1. The number of hydrogen-bond acceptors (Lipinski definition) is 3. The summed E-state index contributed by atoms with van der Waals surface area (Å²) in [4.78, 5) is 11.8. The van der Waals surface area contributed by atoms with Crippen molar-refractivity contribution in [3.05, 3.63) is 29.6 Å². The average molecular weight is 238 g/mol. The van der Waals surface area contributed by atoms with Gasteiger partial charge in [-0.15, -0.1) is 0 Å². The lowest BCUT2D eigenvalue weighted by atomic mass is 10.1. The molecule has 0 spiro atoms. The maximum absolute atomic E-state index is 13.2. The molecule has 1 saturated heterocycles. The number of halogens is 1. The predicted octanol–water partition coefficient (Wildman–Crippen LogP) is 1.17. The first kappa shape index (κ1) is 11.9. The molecule has 2 rings (SSSR count). The maximum Gasteiger partial charge on any atom is 0.253 e. The quantitative estimate of drug-likeness (QED) is 0.777. The number of para-hydroxylation sites is 1. The summed E-state index contributed by atoms with van der Waals surface area (Å²) in [5.74, 6) is -0.565. The Morgan fingerprint density at radius 2 is 2.41 bits per heavy atom. The molecule has 3 N–H and O–H groups in total.